The summed E-state index contributed by atoms with van der Waals surface area (Å²) in [5, 5.41) is 12.6. The average Bonchev–Trinajstić information content (AvgIpc) is 2.58. The Kier molecular flexibility index (Phi) is 8.70. The van der Waals surface area contributed by atoms with Crippen LogP contribution in [0.1, 0.15) is 33.6 Å². The third kappa shape index (κ3) is 7.11. The molecule has 0 saturated heterocycles. The fraction of sp³-hybridized carbons (Fsp3) is 0.500. The van der Waals surface area contributed by atoms with Gasteiger partial charge in [0.2, 0.25) is 0 Å². The van der Waals surface area contributed by atoms with E-state index < -0.39 is 24.0 Å². The first-order valence-electron chi connectivity index (χ1n) is 8.13. The number of carbonyl (C=O) groups is 2. The van der Waals surface area contributed by atoms with Crippen LogP contribution in [0.15, 0.2) is 18.2 Å². The molecule has 0 heterocycles. The fourth-order valence-corrected chi connectivity index (χ4v) is 2.30. The van der Waals surface area contributed by atoms with Gasteiger partial charge in [0.25, 0.3) is 5.91 Å². The van der Waals surface area contributed by atoms with Crippen LogP contribution in [0, 0.1) is 17.2 Å². The molecule has 0 aliphatic heterocycles. The second-order valence-electron chi connectivity index (χ2n) is 6.20. The molecule has 0 fully saturated rings. The molecule has 0 aromatic heterocycles. The summed E-state index contributed by atoms with van der Waals surface area (Å²) in [6, 6.07) is 6.92. The lowest BCUT2D eigenvalue weighted by molar-refractivity contribution is -0.149. The molecule has 0 spiro atoms. The molecule has 0 unspecified atom stereocenters. The molecule has 6 nitrogen and oxygen atoms in total. The zero-order chi connectivity index (χ0) is 19.7. The smallest absolute Gasteiger partial charge is 0.306 e. The van der Waals surface area contributed by atoms with Crippen LogP contribution in [0.25, 0.3) is 0 Å². The van der Waals surface area contributed by atoms with Crippen molar-refractivity contribution in [3.8, 4) is 11.8 Å². The van der Waals surface area contributed by atoms with Crippen LogP contribution in [0.4, 0.5) is 0 Å². The maximum absolute atomic E-state index is 11.8. The van der Waals surface area contributed by atoms with E-state index >= 15 is 0 Å². The summed E-state index contributed by atoms with van der Waals surface area (Å²) in [5.74, 6) is -0.633. The van der Waals surface area contributed by atoms with Crippen LogP contribution in [-0.2, 0) is 14.3 Å². The lowest BCUT2D eigenvalue weighted by atomic mass is 9.90. The van der Waals surface area contributed by atoms with Crippen molar-refractivity contribution in [2.75, 3.05) is 13.2 Å². The van der Waals surface area contributed by atoms with Crippen LogP contribution in [-0.4, -0.2) is 30.6 Å². The van der Waals surface area contributed by atoms with Crippen LogP contribution in [0.3, 0.4) is 0 Å². The number of nitrogens with zero attached hydrogens (tertiary/aromatic N) is 1. The molecule has 1 atom stereocenters. The second kappa shape index (κ2) is 10.2. The summed E-state index contributed by atoms with van der Waals surface area (Å²) in [6.07, 6.45) is 0.500. The number of hydrogen-bond acceptors (Lipinski definition) is 5. The summed E-state index contributed by atoms with van der Waals surface area (Å²) in [5.41, 5.74) is -1.00. The molecule has 1 aromatic carbocycles. The van der Waals surface area contributed by atoms with Gasteiger partial charge in [-0.05, 0) is 37.5 Å². The molecule has 142 valence electrons. The van der Waals surface area contributed by atoms with Gasteiger partial charge in [-0.25, -0.2) is 0 Å². The number of halogens is 2. The van der Waals surface area contributed by atoms with Crippen molar-refractivity contribution in [3.63, 3.8) is 0 Å². The van der Waals surface area contributed by atoms with Crippen LogP contribution >= 0.6 is 23.2 Å². The molecular weight excluding hydrogens is 379 g/mol. The Hall–Kier alpha value is -1.97. The average molecular weight is 401 g/mol. The predicted molar refractivity (Wildman–Crippen MR) is 99.1 cm³/mol. The lowest BCUT2D eigenvalue weighted by Crippen LogP contribution is -2.50. The van der Waals surface area contributed by atoms with E-state index in [4.69, 9.17) is 37.9 Å². The molecule has 0 bridgehead atoms. The van der Waals surface area contributed by atoms with Crippen molar-refractivity contribution >= 4 is 35.1 Å². The largest absolute Gasteiger partial charge is 0.492 e. The van der Waals surface area contributed by atoms with Crippen molar-refractivity contribution < 1.29 is 19.1 Å². The molecule has 1 N–H and O–H groups in total. The highest BCUT2D eigenvalue weighted by Gasteiger charge is 2.30. The van der Waals surface area contributed by atoms with Crippen LogP contribution in [0.2, 0.25) is 10.0 Å². The van der Waals surface area contributed by atoms with Crippen molar-refractivity contribution in [1.82, 2.24) is 5.32 Å². The molecule has 8 heteroatoms. The van der Waals surface area contributed by atoms with Crippen molar-refractivity contribution in [2.24, 2.45) is 5.92 Å². The van der Waals surface area contributed by atoms with Gasteiger partial charge >= 0.3 is 5.97 Å². The third-order valence-electron chi connectivity index (χ3n) is 3.83. The summed E-state index contributed by atoms with van der Waals surface area (Å²) < 4.78 is 10.4. The fourth-order valence-electron chi connectivity index (χ4n) is 1.84. The highest BCUT2D eigenvalue weighted by atomic mass is 35.5. The maximum Gasteiger partial charge on any atom is 0.306 e. The van der Waals surface area contributed by atoms with E-state index in [-0.39, 0.29) is 18.9 Å². The zero-order valence-electron chi connectivity index (χ0n) is 15.0. The summed E-state index contributed by atoms with van der Waals surface area (Å²) in [4.78, 5) is 23.5. The van der Waals surface area contributed by atoms with E-state index in [1.807, 2.05) is 13.8 Å². The number of carbonyl (C=O) groups excluding carboxylic acids is 2. The topological polar surface area (TPSA) is 88.4 Å². The molecule has 0 saturated carbocycles. The molecule has 0 radical (unpaired) electrons. The van der Waals surface area contributed by atoms with Gasteiger partial charge in [0.15, 0.2) is 6.61 Å². The minimum absolute atomic E-state index is 0.0796. The van der Waals surface area contributed by atoms with Gasteiger partial charge in [-0.15, -0.1) is 0 Å². The zero-order valence-corrected chi connectivity index (χ0v) is 16.5. The van der Waals surface area contributed by atoms with Gasteiger partial charge in [-0.2, -0.15) is 5.26 Å². The number of nitriles is 1. The Morgan fingerprint density at radius 2 is 2.04 bits per heavy atom. The van der Waals surface area contributed by atoms with E-state index in [9.17, 15) is 9.59 Å². The van der Waals surface area contributed by atoms with E-state index in [2.05, 4.69) is 11.4 Å². The first-order valence-corrected chi connectivity index (χ1v) is 8.89. The lowest BCUT2D eigenvalue weighted by Gasteiger charge is -2.27. The molecule has 0 aliphatic rings. The minimum Gasteiger partial charge on any atom is -0.492 e. The summed E-state index contributed by atoms with van der Waals surface area (Å²) in [6.45, 7) is 5.11. The third-order valence-corrected chi connectivity index (χ3v) is 4.36. The number of benzene rings is 1. The molecule has 0 aliphatic carbocycles. The Bertz CT molecular complexity index is 688. The standard InChI is InChI=1S/C18H22Cl2N2O4/c1-12(2)18(3,11-21)22-16(23)10-26-17(24)5-4-8-25-15-7-6-13(19)9-14(15)20/h6-7,9,12H,4-5,8,10H2,1-3H3,(H,22,23)/t18-/m0/s1. The normalized spacial score (nSPS) is 12.8. The van der Waals surface area contributed by atoms with Crippen molar-refractivity contribution in [3.05, 3.63) is 28.2 Å². The maximum atomic E-state index is 11.8. The van der Waals surface area contributed by atoms with Crippen molar-refractivity contribution in [2.45, 2.75) is 39.2 Å². The summed E-state index contributed by atoms with van der Waals surface area (Å²) >= 11 is 11.8. The number of ether oxygens (including phenoxy) is 2. The van der Waals surface area contributed by atoms with Gasteiger partial charge in [0.1, 0.15) is 11.3 Å². The number of nitrogens with one attached hydrogen (secondary N) is 1. The molecule has 1 aromatic rings. The van der Waals surface area contributed by atoms with Gasteiger partial charge in [-0.1, -0.05) is 37.0 Å². The number of esters is 1. The van der Waals surface area contributed by atoms with E-state index in [0.29, 0.717) is 22.2 Å². The monoisotopic (exact) mass is 400 g/mol. The number of amides is 1. The van der Waals surface area contributed by atoms with Gasteiger partial charge in [-0.3, -0.25) is 9.59 Å². The second-order valence-corrected chi connectivity index (χ2v) is 7.05. The van der Waals surface area contributed by atoms with Crippen LogP contribution in [0.5, 0.6) is 5.75 Å². The summed E-state index contributed by atoms with van der Waals surface area (Å²) in [7, 11) is 0. The number of hydrogen-bond donors (Lipinski definition) is 1. The SMILES string of the molecule is CC(C)[C@](C)(C#N)NC(=O)COC(=O)CCCOc1ccc(Cl)cc1Cl. The Morgan fingerprint density at radius 1 is 1.35 bits per heavy atom. The Balaban J connectivity index is 2.28. The molecule has 1 amide bonds. The van der Waals surface area contributed by atoms with E-state index in [1.165, 1.54) is 0 Å². The van der Waals surface area contributed by atoms with Crippen LogP contribution < -0.4 is 10.1 Å². The Morgan fingerprint density at radius 3 is 2.62 bits per heavy atom. The molecule has 26 heavy (non-hydrogen) atoms. The molecule has 1 rings (SSSR count). The first-order chi connectivity index (χ1) is 12.2. The highest BCUT2D eigenvalue weighted by Crippen LogP contribution is 2.27. The first kappa shape index (κ1) is 22.1. The Labute approximate surface area is 163 Å². The van der Waals surface area contributed by atoms with Gasteiger partial charge in [0.05, 0.1) is 17.7 Å². The molecular formula is C18H22Cl2N2O4. The quantitative estimate of drug-likeness (QED) is 0.503. The predicted octanol–water partition coefficient (Wildman–Crippen LogP) is 3.75. The van der Waals surface area contributed by atoms with Gasteiger partial charge < -0.3 is 14.8 Å². The van der Waals surface area contributed by atoms with E-state index in [1.54, 1.807) is 25.1 Å². The van der Waals surface area contributed by atoms with Crippen molar-refractivity contribution in [1.29, 1.82) is 5.26 Å². The van der Waals surface area contributed by atoms with E-state index in [0.717, 1.165) is 0 Å². The highest BCUT2D eigenvalue weighted by molar-refractivity contribution is 6.35. The number of rotatable bonds is 9. The van der Waals surface area contributed by atoms with Gasteiger partial charge in [0, 0.05) is 11.4 Å². The minimum atomic E-state index is -1.00.